The van der Waals surface area contributed by atoms with Crippen LogP contribution in [-0.4, -0.2) is 39.9 Å². The van der Waals surface area contributed by atoms with Gasteiger partial charge in [0.2, 0.25) is 0 Å². The van der Waals surface area contributed by atoms with Gasteiger partial charge in [-0.25, -0.2) is 9.97 Å². The fourth-order valence-electron chi connectivity index (χ4n) is 4.40. The molecular formula is C22H21N5O3. The number of carbonyl (C=O) groups excluding carboxylic acids is 2. The topological polar surface area (TPSA) is 101 Å². The number of nitrogens with zero attached hydrogens (tertiary/aromatic N) is 4. The van der Waals surface area contributed by atoms with Gasteiger partial charge in [0.15, 0.2) is 5.82 Å². The lowest BCUT2D eigenvalue weighted by atomic mass is 10.1. The van der Waals surface area contributed by atoms with Crippen molar-refractivity contribution in [2.24, 2.45) is 11.8 Å². The second-order valence-corrected chi connectivity index (χ2v) is 7.87. The predicted molar refractivity (Wildman–Crippen MR) is 108 cm³/mol. The summed E-state index contributed by atoms with van der Waals surface area (Å²) in [7, 11) is 1.66. The molecule has 1 fully saturated rings. The van der Waals surface area contributed by atoms with Gasteiger partial charge in [-0.3, -0.25) is 19.5 Å². The average Bonchev–Trinajstić information content (AvgIpc) is 3.21. The molecule has 1 aliphatic heterocycles. The number of carbonyl (C=O) groups is 2. The first-order chi connectivity index (χ1) is 14.5. The van der Waals surface area contributed by atoms with Crippen LogP contribution in [0, 0.1) is 11.8 Å². The number of nitrogens with one attached hydrogen (secondary N) is 1. The molecule has 1 aliphatic carbocycles. The van der Waals surface area contributed by atoms with E-state index in [0.29, 0.717) is 18.0 Å². The van der Waals surface area contributed by atoms with E-state index in [0.717, 1.165) is 11.3 Å². The number of amides is 2. The first-order valence-electron chi connectivity index (χ1n) is 9.92. The van der Waals surface area contributed by atoms with Gasteiger partial charge in [0.05, 0.1) is 11.9 Å². The quantitative estimate of drug-likeness (QED) is 0.717. The van der Waals surface area contributed by atoms with Crippen LogP contribution in [0.15, 0.2) is 53.3 Å². The molecule has 1 aromatic carbocycles. The molecule has 0 saturated heterocycles. The van der Waals surface area contributed by atoms with Crippen molar-refractivity contribution in [1.29, 1.82) is 0 Å². The van der Waals surface area contributed by atoms with Gasteiger partial charge in [-0.05, 0) is 11.5 Å². The van der Waals surface area contributed by atoms with Gasteiger partial charge in [-0.15, -0.1) is 0 Å². The Balaban J connectivity index is 1.35. The number of hydrogen-bond donors (Lipinski definition) is 1. The Labute approximate surface area is 173 Å². The SMILES string of the molecule is C[C@H]1C2c3nccnc3N(C)C(=O)[C@@H](NC(=O)c3ncc(Cc4ccccc4)o3)C21. The Bertz CT molecular complexity index is 1110. The molecule has 2 aromatic heterocycles. The molecule has 2 unspecified atom stereocenters. The van der Waals surface area contributed by atoms with Crippen LogP contribution >= 0.6 is 0 Å². The molecule has 152 valence electrons. The summed E-state index contributed by atoms with van der Waals surface area (Å²) in [4.78, 5) is 40.3. The summed E-state index contributed by atoms with van der Waals surface area (Å²) in [6, 6.07) is 9.12. The number of aromatic nitrogens is 3. The van der Waals surface area contributed by atoms with E-state index < -0.39 is 11.9 Å². The molecule has 1 N–H and O–H groups in total. The van der Waals surface area contributed by atoms with E-state index in [1.54, 1.807) is 25.6 Å². The molecule has 0 spiro atoms. The standard InChI is InChI=1S/C22H21N5O3/c1-12-15-16(12)18(22(29)27(2)19-17(15)23-8-9-24-19)26-20(28)21-25-11-14(30-21)10-13-6-4-3-5-7-13/h3-9,11-12,15-16,18H,10H2,1-2H3,(H,26,28)/t12-,15?,16?,18-/m0/s1. The van der Waals surface area contributed by atoms with Crippen molar-refractivity contribution in [2.75, 3.05) is 11.9 Å². The van der Waals surface area contributed by atoms with Crippen molar-refractivity contribution in [3.8, 4) is 0 Å². The summed E-state index contributed by atoms with van der Waals surface area (Å²) in [6.45, 7) is 2.06. The highest BCUT2D eigenvalue weighted by molar-refractivity contribution is 6.02. The molecule has 30 heavy (non-hydrogen) atoms. The molecule has 1 saturated carbocycles. The third-order valence-corrected chi connectivity index (χ3v) is 6.02. The molecule has 0 radical (unpaired) electrons. The van der Waals surface area contributed by atoms with Crippen molar-refractivity contribution in [3.05, 3.63) is 71.8 Å². The highest BCUT2D eigenvalue weighted by Crippen LogP contribution is 2.58. The second kappa shape index (κ2) is 7.05. The number of rotatable bonds is 4. The minimum Gasteiger partial charge on any atom is -0.437 e. The monoisotopic (exact) mass is 403 g/mol. The number of hydrogen-bond acceptors (Lipinski definition) is 6. The van der Waals surface area contributed by atoms with Crippen molar-refractivity contribution in [3.63, 3.8) is 0 Å². The van der Waals surface area contributed by atoms with Crippen LogP contribution in [-0.2, 0) is 11.2 Å². The summed E-state index contributed by atoms with van der Waals surface area (Å²) in [5.74, 6) is 0.686. The molecule has 2 amide bonds. The van der Waals surface area contributed by atoms with Crippen molar-refractivity contribution < 1.29 is 14.0 Å². The molecule has 3 aromatic rings. The zero-order valence-electron chi connectivity index (χ0n) is 16.6. The normalized spacial score (nSPS) is 24.6. The Kier molecular flexibility index (Phi) is 4.34. The third kappa shape index (κ3) is 3.04. The van der Waals surface area contributed by atoms with E-state index in [9.17, 15) is 9.59 Å². The number of fused-ring (bicyclic) bond motifs is 3. The number of oxazole rings is 1. The lowest BCUT2D eigenvalue weighted by molar-refractivity contribution is -0.120. The molecular weight excluding hydrogens is 382 g/mol. The summed E-state index contributed by atoms with van der Waals surface area (Å²) in [5.41, 5.74) is 1.87. The molecule has 5 rings (SSSR count). The molecule has 3 heterocycles. The lowest BCUT2D eigenvalue weighted by Crippen LogP contribution is -2.49. The maximum absolute atomic E-state index is 13.1. The molecule has 0 bridgehead atoms. The van der Waals surface area contributed by atoms with E-state index in [1.165, 1.54) is 4.90 Å². The zero-order chi connectivity index (χ0) is 20.8. The summed E-state index contributed by atoms with van der Waals surface area (Å²) in [5, 5.41) is 2.85. The summed E-state index contributed by atoms with van der Waals surface area (Å²) >= 11 is 0. The molecule has 2 aliphatic rings. The maximum Gasteiger partial charge on any atom is 0.307 e. The van der Waals surface area contributed by atoms with Gasteiger partial charge in [-0.1, -0.05) is 37.3 Å². The molecule has 4 atom stereocenters. The fraction of sp³-hybridized carbons (Fsp3) is 0.318. The maximum atomic E-state index is 13.1. The van der Waals surface area contributed by atoms with Gasteiger partial charge in [0.25, 0.3) is 11.8 Å². The van der Waals surface area contributed by atoms with E-state index >= 15 is 0 Å². The van der Waals surface area contributed by atoms with E-state index in [-0.39, 0.29) is 29.6 Å². The number of benzene rings is 1. The fourth-order valence-corrected chi connectivity index (χ4v) is 4.40. The van der Waals surface area contributed by atoms with E-state index in [4.69, 9.17) is 4.42 Å². The third-order valence-electron chi connectivity index (χ3n) is 6.02. The van der Waals surface area contributed by atoms with Crippen LogP contribution in [0.25, 0.3) is 0 Å². The van der Waals surface area contributed by atoms with Gasteiger partial charge in [-0.2, -0.15) is 0 Å². The van der Waals surface area contributed by atoms with Crippen molar-refractivity contribution in [2.45, 2.75) is 25.3 Å². The van der Waals surface area contributed by atoms with Crippen LogP contribution in [0.3, 0.4) is 0 Å². The smallest absolute Gasteiger partial charge is 0.307 e. The minimum absolute atomic E-state index is 0.0272. The van der Waals surface area contributed by atoms with Crippen molar-refractivity contribution in [1.82, 2.24) is 20.3 Å². The van der Waals surface area contributed by atoms with Gasteiger partial charge < -0.3 is 9.73 Å². The van der Waals surface area contributed by atoms with Gasteiger partial charge >= 0.3 is 5.91 Å². The Morgan fingerprint density at radius 2 is 1.93 bits per heavy atom. The highest BCUT2D eigenvalue weighted by atomic mass is 16.4. The van der Waals surface area contributed by atoms with Crippen LogP contribution in [0.4, 0.5) is 5.82 Å². The van der Waals surface area contributed by atoms with Crippen molar-refractivity contribution >= 4 is 17.6 Å². The minimum atomic E-state index is -0.678. The van der Waals surface area contributed by atoms with Crippen LogP contribution < -0.4 is 10.2 Å². The number of likely N-dealkylation sites (N-methyl/N-ethyl adjacent to an activating group) is 1. The Morgan fingerprint density at radius 3 is 2.73 bits per heavy atom. The van der Waals surface area contributed by atoms with E-state index in [2.05, 4.69) is 27.2 Å². The summed E-state index contributed by atoms with van der Waals surface area (Å²) < 4.78 is 5.65. The van der Waals surface area contributed by atoms with Gasteiger partial charge in [0.1, 0.15) is 11.8 Å². The summed E-state index contributed by atoms with van der Waals surface area (Å²) in [6.07, 6.45) is 5.31. The second-order valence-electron chi connectivity index (χ2n) is 7.87. The van der Waals surface area contributed by atoms with Gasteiger partial charge in [0, 0.05) is 37.7 Å². The van der Waals surface area contributed by atoms with Crippen LogP contribution in [0.5, 0.6) is 0 Å². The first-order valence-corrected chi connectivity index (χ1v) is 9.92. The van der Waals surface area contributed by atoms with Crippen LogP contribution in [0.1, 0.15) is 40.5 Å². The molecule has 8 nitrogen and oxygen atoms in total. The van der Waals surface area contributed by atoms with E-state index in [1.807, 2.05) is 30.3 Å². The number of anilines is 1. The lowest BCUT2D eigenvalue weighted by Gasteiger charge is -2.22. The zero-order valence-corrected chi connectivity index (χ0v) is 16.6. The first kappa shape index (κ1) is 18.5. The molecule has 8 heteroatoms. The largest absolute Gasteiger partial charge is 0.437 e. The van der Waals surface area contributed by atoms with Crippen LogP contribution in [0.2, 0.25) is 0 Å². The Morgan fingerprint density at radius 1 is 1.17 bits per heavy atom. The highest BCUT2D eigenvalue weighted by Gasteiger charge is 2.59. The predicted octanol–water partition coefficient (Wildman–Crippen LogP) is 2.18. The average molecular weight is 403 g/mol. The Hall–Kier alpha value is -3.55.